The van der Waals surface area contributed by atoms with Gasteiger partial charge in [0.1, 0.15) is 10.3 Å². The van der Waals surface area contributed by atoms with Crippen LogP contribution in [0.5, 0.6) is 0 Å². The molecule has 0 saturated carbocycles. The van der Waals surface area contributed by atoms with Crippen molar-refractivity contribution in [3.63, 3.8) is 0 Å². The number of pyridine rings is 1. The smallest absolute Gasteiger partial charge is 0.255 e. The number of amides is 1. The lowest BCUT2D eigenvalue weighted by atomic mass is 10.2. The van der Waals surface area contributed by atoms with Gasteiger partial charge < -0.3 is 5.32 Å². The summed E-state index contributed by atoms with van der Waals surface area (Å²) in [5, 5.41) is 3.11. The summed E-state index contributed by atoms with van der Waals surface area (Å²) in [6, 6.07) is 12.1. The number of rotatable bonds is 2. The molecule has 5 heteroatoms. The molecule has 0 aliphatic rings. The highest BCUT2D eigenvalue weighted by Gasteiger charge is 2.08. The molecule has 2 aromatic rings. The van der Waals surface area contributed by atoms with E-state index in [0.29, 0.717) is 11.3 Å². The summed E-state index contributed by atoms with van der Waals surface area (Å²) < 4.78 is 0. The fourth-order valence-corrected chi connectivity index (χ4v) is 1.78. The molecule has 2 rings (SSSR count). The van der Waals surface area contributed by atoms with Crippen LogP contribution in [0.15, 0.2) is 42.5 Å². The molecule has 0 aliphatic carbocycles. The van der Waals surface area contributed by atoms with Gasteiger partial charge in [0.2, 0.25) is 0 Å². The molecule has 0 unspecified atom stereocenters. The summed E-state index contributed by atoms with van der Waals surface area (Å²) in [6.07, 6.45) is 0. The highest BCUT2D eigenvalue weighted by molar-refractivity contribution is 6.33. The Balaban J connectivity index is 2.20. The largest absolute Gasteiger partial charge is 0.322 e. The van der Waals surface area contributed by atoms with Gasteiger partial charge in [0, 0.05) is 11.3 Å². The summed E-state index contributed by atoms with van der Waals surface area (Å²) in [6.45, 7) is 0. The van der Waals surface area contributed by atoms with Gasteiger partial charge in [0.05, 0.1) is 0 Å². The number of para-hydroxylation sites is 1. The first-order valence-corrected chi connectivity index (χ1v) is 5.60. The molecule has 0 spiro atoms. The van der Waals surface area contributed by atoms with Gasteiger partial charge in [-0.05, 0) is 24.3 Å². The molecule has 3 nitrogen and oxygen atoms in total. The molecule has 0 atom stereocenters. The maximum atomic E-state index is 11.9. The lowest BCUT2D eigenvalue weighted by molar-refractivity contribution is 0.102. The van der Waals surface area contributed by atoms with Crippen molar-refractivity contribution in [2.45, 2.75) is 0 Å². The fraction of sp³-hybridized carbons (Fsp3) is 0. The molecule has 1 heterocycles. The standard InChI is InChI=1S/C12H8Cl2N2O/c13-10-6-8(7-11(14)16-10)12(17)15-9-4-2-1-3-5-9/h1-7H,(H,15,17). The zero-order valence-corrected chi connectivity index (χ0v) is 10.2. The molecule has 1 aromatic heterocycles. The van der Waals surface area contributed by atoms with Gasteiger partial charge in [0.25, 0.3) is 5.91 Å². The van der Waals surface area contributed by atoms with E-state index in [9.17, 15) is 4.79 Å². The topological polar surface area (TPSA) is 42.0 Å². The number of carbonyl (C=O) groups is 1. The van der Waals surface area contributed by atoms with E-state index < -0.39 is 0 Å². The van der Waals surface area contributed by atoms with Crippen molar-refractivity contribution in [3.8, 4) is 0 Å². The molecular weight excluding hydrogens is 259 g/mol. The number of nitrogens with zero attached hydrogens (tertiary/aromatic N) is 1. The molecule has 1 N–H and O–H groups in total. The lowest BCUT2D eigenvalue weighted by Crippen LogP contribution is -2.11. The Kier molecular flexibility index (Phi) is 3.61. The van der Waals surface area contributed by atoms with Crippen molar-refractivity contribution in [1.29, 1.82) is 0 Å². The first-order valence-electron chi connectivity index (χ1n) is 4.84. The zero-order valence-electron chi connectivity index (χ0n) is 8.65. The van der Waals surface area contributed by atoms with Gasteiger partial charge >= 0.3 is 0 Å². The second kappa shape index (κ2) is 5.17. The normalized spacial score (nSPS) is 10.0. The molecule has 0 bridgehead atoms. The number of aromatic nitrogens is 1. The third-order valence-electron chi connectivity index (χ3n) is 2.06. The Labute approximate surface area is 108 Å². The molecule has 0 radical (unpaired) electrons. The van der Waals surface area contributed by atoms with Gasteiger partial charge in [-0.2, -0.15) is 0 Å². The summed E-state index contributed by atoms with van der Waals surface area (Å²) in [5.41, 5.74) is 1.08. The summed E-state index contributed by atoms with van der Waals surface area (Å²) in [7, 11) is 0. The van der Waals surface area contributed by atoms with Crippen molar-refractivity contribution in [1.82, 2.24) is 4.98 Å². The van der Waals surface area contributed by atoms with Gasteiger partial charge in [-0.3, -0.25) is 4.79 Å². The average molecular weight is 267 g/mol. The maximum absolute atomic E-state index is 11.9. The van der Waals surface area contributed by atoms with E-state index in [1.54, 1.807) is 12.1 Å². The van der Waals surface area contributed by atoms with Crippen LogP contribution in [-0.2, 0) is 0 Å². The second-order valence-electron chi connectivity index (χ2n) is 3.32. The SMILES string of the molecule is O=C(Nc1ccccc1)c1cc(Cl)nc(Cl)c1. The number of nitrogens with one attached hydrogen (secondary N) is 1. The van der Waals surface area contributed by atoms with Gasteiger partial charge in [-0.15, -0.1) is 0 Å². The van der Waals surface area contributed by atoms with Crippen LogP contribution in [-0.4, -0.2) is 10.9 Å². The number of carbonyl (C=O) groups excluding carboxylic acids is 1. The van der Waals surface area contributed by atoms with Crippen molar-refractivity contribution in [3.05, 3.63) is 58.3 Å². The Morgan fingerprint density at radius 1 is 1.06 bits per heavy atom. The molecule has 1 aromatic carbocycles. The van der Waals surface area contributed by atoms with E-state index in [-0.39, 0.29) is 16.2 Å². The van der Waals surface area contributed by atoms with Crippen molar-refractivity contribution in [2.24, 2.45) is 0 Å². The molecule has 0 saturated heterocycles. The van der Waals surface area contributed by atoms with Gasteiger partial charge in [-0.25, -0.2) is 4.98 Å². The van der Waals surface area contributed by atoms with Crippen LogP contribution in [0.2, 0.25) is 10.3 Å². The maximum Gasteiger partial charge on any atom is 0.255 e. The van der Waals surface area contributed by atoms with Crippen LogP contribution < -0.4 is 5.32 Å². The Hall–Kier alpha value is -1.58. The number of anilines is 1. The molecule has 17 heavy (non-hydrogen) atoms. The van der Waals surface area contributed by atoms with E-state index in [1.807, 2.05) is 18.2 Å². The number of hydrogen-bond acceptors (Lipinski definition) is 2. The number of halogens is 2. The fourth-order valence-electron chi connectivity index (χ4n) is 1.32. The first kappa shape index (κ1) is 11.9. The quantitative estimate of drug-likeness (QED) is 0.844. The van der Waals surface area contributed by atoms with Crippen LogP contribution in [0.25, 0.3) is 0 Å². The van der Waals surface area contributed by atoms with E-state index in [4.69, 9.17) is 23.2 Å². The minimum Gasteiger partial charge on any atom is -0.322 e. The van der Waals surface area contributed by atoms with Crippen LogP contribution in [0.1, 0.15) is 10.4 Å². The Morgan fingerprint density at radius 3 is 2.24 bits per heavy atom. The predicted octanol–water partition coefficient (Wildman–Crippen LogP) is 3.64. The van der Waals surface area contributed by atoms with Gasteiger partial charge in [0.15, 0.2) is 0 Å². The summed E-state index contributed by atoms with van der Waals surface area (Å²) >= 11 is 11.4. The Morgan fingerprint density at radius 2 is 1.65 bits per heavy atom. The highest BCUT2D eigenvalue weighted by Crippen LogP contribution is 2.16. The summed E-state index contributed by atoms with van der Waals surface area (Å²) in [5.74, 6) is -0.276. The molecule has 86 valence electrons. The average Bonchev–Trinajstić information content (AvgIpc) is 2.29. The molecular formula is C12H8Cl2N2O. The third-order valence-corrected chi connectivity index (χ3v) is 2.44. The number of hydrogen-bond donors (Lipinski definition) is 1. The predicted molar refractivity (Wildman–Crippen MR) is 68.7 cm³/mol. The second-order valence-corrected chi connectivity index (χ2v) is 4.10. The summed E-state index contributed by atoms with van der Waals surface area (Å²) in [4.78, 5) is 15.6. The van der Waals surface area contributed by atoms with Crippen molar-refractivity contribution < 1.29 is 4.79 Å². The van der Waals surface area contributed by atoms with Crippen LogP contribution in [0.4, 0.5) is 5.69 Å². The highest BCUT2D eigenvalue weighted by atomic mass is 35.5. The lowest BCUT2D eigenvalue weighted by Gasteiger charge is -2.05. The van der Waals surface area contributed by atoms with Crippen LogP contribution in [0.3, 0.4) is 0 Å². The van der Waals surface area contributed by atoms with Crippen LogP contribution in [0, 0.1) is 0 Å². The Bertz CT molecular complexity index is 523. The minimum absolute atomic E-state index is 0.190. The van der Waals surface area contributed by atoms with E-state index in [0.717, 1.165) is 0 Å². The van der Waals surface area contributed by atoms with E-state index in [1.165, 1.54) is 12.1 Å². The van der Waals surface area contributed by atoms with E-state index in [2.05, 4.69) is 10.3 Å². The monoisotopic (exact) mass is 266 g/mol. The molecule has 0 aliphatic heterocycles. The zero-order chi connectivity index (χ0) is 12.3. The number of benzene rings is 1. The molecule has 0 fully saturated rings. The van der Waals surface area contributed by atoms with Gasteiger partial charge in [-0.1, -0.05) is 41.4 Å². The minimum atomic E-state index is -0.276. The molecule has 1 amide bonds. The van der Waals surface area contributed by atoms with Crippen molar-refractivity contribution in [2.75, 3.05) is 5.32 Å². The third kappa shape index (κ3) is 3.19. The van der Waals surface area contributed by atoms with Crippen molar-refractivity contribution >= 4 is 34.8 Å². The van der Waals surface area contributed by atoms with Crippen LogP contribution >= 0.6 is 23.2 Å². The van der Waals surface area contributed by atoms with E-state index >= 15 is 0 Å². The first-order chi connectivity index (χ1) is 8.15.